The lowest BCUT2D eigenvalue weighted by Crippen LogP contribution is -2.20. The molecule has 0 bridgehead atoms. The van der Waals surface area contributed by atoms with Crippen LogP contribution < -0.4 is 14.8 Å². The van der Waals surface area contributed by atoms with Gasteiger partial charge in [0, 0.05) is 11.6 Å². The number of furan rings is 1. The zero-order chi connectivity index (χ0) is 19.9. The summed E-state index contributed by atoms with van der Waals surface area (Å²) in [6, 6.07) is 18.4. The van der Waals surface area contributed by atoms with Crippen LogP contribution in [0, 0.1) is 11.3 Å². The Morgan fingerprint density at radius 1 is 1.11 bits per heavy atom. The molecule has 0 aliphatic rings. The largest absolute Gasteiger partial charge is 0.497 e. The smallest absolute Gasteiger partial charge is 0.264 e. The molecule has 28 heavy (non-hydrogen) atoms. The number of hydrogen-bond acceptors (Lipinski definition) is 5. The number of nitriles is 1. The molecule has 0 unspecified atom stereocenters. The molecule has 0 fully saturated rings. The Labute approximate surface area is 163 Å². The van der Waals surface area contributed by atoms with E-state index in [0.29, 0.717) is 17.3 Å². The van der Waals surface area contributed by atoms with E-state index < -0.39 is 5.91 Å². The van der Waals surface area contributed by atoms with Crippen molar-refractivity contribution < 1.29 is 18.7 Å². The fourth-order valence-electron chi connectivity index (χ4n) is 2.60. The first-order valence-electron chi connectivity index (χ1n) is 8.83. The number of nitrogens with one attached hydrogen (secondary N) is 1. The zero-order valence-corrected chi connectivity index (χ0v) is 15.7. The topological polar surface area (TPSA) is 84.5 Å². The van der Waals surface area contributed by atoms with Gasteiger partial charge in [0.1, 0.15) is 28.9 Å². The van der Waals surface area contributed by atoms with Gasteiger partial charge in [-0.3, -0.25) is 10.1 Å². The normalized spacial score (nSPS) is 10.2. The van der Waals surface area contributed by atoms with Gasteiger partial charge in [-0.25, -0.2) is 0 Å². The van der Waals surface area contributed by atoms with Crippen LogP contribution in [-0.4, -0.2) is 19.6 Å². The maximum Gasteiger partial charge on any atom is 0.264 e. The van der Waals surface area contributed by atoms with E-state index in [1.807, 2.05) is 42.5 Å². The number of carbonyl (C=O) groups is 1. The van der Waals surface area contributed by atoms with Crippen LogP contribution in [0.3, 0.4) is 0 Å². The number of nitrogens with zero attached hydrogens (tertiary/aromatic N) is 1. The minimum Gasteiger partial charge on any atom is -0.497 e. The molecule has 2 aromatic carbocycles. The Kier molecular flexibility index (Phi) is 5.97. The molecule has 3 aromatic rings. The van der Waals surface area contributed by atoms with Crippen molar-refractivity contribution >= 4 is 11.8 Å². The van der Waals surface area contributed by atoms with Gasteiger partial charge in [-0.1, -0.05) is 19.1 Å². The van der Waals surface area contributed by atoms with Crippen molar-refractivity contribution in [1.82, 2.24) is 0 Å². The van der Waals surface area contributed by atoms with Crippen LogP contribution in [0.25, 0.3) is 11.3 Å². The molecule has 0 saturated heterocycles. The number of hydrogen-bond donors (Lipinski definition) is 1. The quantitative estimate of drug-likeness (QED) is 0.660. The number of aryl methyl sites for hydroxylation is 1. The van der Waals surface area contributed by atoms with E-state index in [4.69, 9.17) is 13.9 Å². The summed E-state index contributed by atoms with van der Waals surface area (Å²) in [5.41, 5.74) is 2.20. The molecule has 6 nitrogen and oxygen atoms in total. The van der Waals surface area contributed by atoms with Crippen molar-refractivity contribution in [3.05, 3.63) is 65.7 Å². The lowest BCUT2D eigenvalue weighted by Gasteiger charge is -2.07. The van der Waals surface area contributed by atoms with Gasteiger partial charge in [0.25, 0.3) is 5.91 Å². The van der Waals surface area contributed by atoms with Crippen LogP contribution in [0.2, 0.25) is 0 Å². The van der Waals surface area contributed by atoms with Crippen LogP contribution in [0.1, 0.15) is 18.1 Å². The summed E-state index contributed by atoms with van der Waals surface area (Å²) in [5.74, 6) is 1.49. The lowest BCUT2D eigenvalue weighted by atomic mass is 10.1. The van der Waals surface area contributed by atoms with E-state index in [2.05, 4.69) is 12.2 Å². The van der Waals surface area contributed by atoms with Gasteiger partial charge < -0.3 is 13.9 Å². The molecular formula is C22H20N2O4. The van der Waals surface area contributed by atoms with E-state index in [9.17, 15) is 10.1 Å². The van der Waals surface area contributed by atoms with Gasteiger partial charge in [-0.05, 0) is 48.4 Å². The number of rotatable bonds is 7. The third-order valence-corrected chi connectivity index (χ3v) is 4.18. The van der Waals surface area contributed by atoms with Crippen LogP contribution in [-0.2, 0) is 11.2 Å². The predicted molar refractivity (Wildman–Crippen MR) is 105 cm³/mol. The van der Waals surface area contributed by atoms with Gasteiger partial charge in [0.05, 0.1) is 7.11 Å². The molecule has 142 valence electrons. The van der Waals surface area contributed by atoms with Crippen molar-refractivity contribution in [3.63, 3.8) is 0 Å². The second-order valence-corrected chi connectivity index (χ2v) is 6.03. The average Bonchev–Trinajstić information content (AvgIpc) is 3.15. The van der Waals surface area contributed by atoms with Crippen LogP contribution in [0.15, 0.2) is 59.0 Å². The second kappa shape index (κ2) is 8.78. The minimum atomic E-state index is -0.410. The molecule has 0 spiro atoms. The predicted octanol–water partition coefficient (Wildman–Crippen LogP) is 4.41. The van der Waals surface area contributed by atoms with Crippen LogP contribution in [0.5, 0.6) is 11.5 Å². The Balaban J connectivity index is 1.66. The summed E-state index contributed by atoms with van der Waals surface area (Å²) in [6.07, 6.45) is 0.937. The van der Waals surface area contributed by atoms with Crippen molar-refractivity contribution in [2.45, 2.75) is 13.3 Å². The van der Waals surface area contributed by atoms with Gasteiger partial charge in [-0.15, -0.1) is 0 Å². The maximum atomic E-state index is 12.2. The SMILES string of the molecule is CCc1ccc(OCC(=O)Nc2oc(-c3ccc(OC)cc3)cc2C#N)cc1. The molecule has 0 aliphatic carbocycles. The molecule has 0 radical (unpaired) electrons. The van der Waals surface area contributed by atoms with Gasteiger partial charge >= 0.3 is 0 Å². The summed E-state index contributed by atoms with van der Waals surface area (Å²) in [5, 5.41) is 11.9. The van der Waals surface area contributed by atoms with E-state index in [1.54, 1.807) is 25.3 Å². The Morgan fingerprint density at radius 3 is 2.39 bits per heavy atom. The Hall–Kier alpha value is -3.72. The summed E-state index contributed by atoms with van der Waals surface area (Å²) in [6.45, 7) is 1.88. The summed E-state index contributed by atoms with van der Waals surface area (Å²) in [7, 11) is 1.59. The van der Waals surface area contributed by atoms with E-state index in [0.717, 1.165) is 12.0 Å². The highest BCUT2D eigenvalue weighted by Gasteiger charge is 2.15. The molecule has 3 rings (SSSR count). The highest BCUT2D eigenvalue weighted by molar-refractivity contribution is 5.92. The molecule has 0 saturated carbocycles. The number of ether oxygens (including phenoxy) is 2. The van der Waals surface area contributed by atoms with E-state index in [1.165, 1.54) is 5.56 Å². The second-order valence-electron chi connectivity index (χ2n) is 6.03. The molecule has 1 amide bonds. The molecule has 6 heteroatoms. The zero-order valence-electron chi connectivity index (χ0n) is 15.7. The third-order valence-electron chi connectivity index (χ3n) is 4.18. The number of carbonyl (C=O) groups excluding carboxylic acids is 1. The van der Waals surface area contributed by atoms with Gasteiger partial charge in [0.15, 0.2) is 6.61 Å². The molecule has 0 atom stereocenters. The number of anilines is 1. The van der Waals surface area contributed by atoms with Crippen molar-refractivity contribution in [1.29, 1.82) is 5.26 Å². The molecular weight excluding hydrogens is 356 g/mol. The monoisotopic (exact) mass is 376 g/mol. The van der Waals surface area contributed by atoms with E-state index >= 15 is 0 Å². The fourth-order valence-corrected chi connectivity index (χ4v) is 2.60. The fraction of sp³-hybridized carbons (Fsp3) is 0.182. The first-order chi connectivity index (χ1) is 13.6. The summed E-state index contributed by atoms with van der Waals surface area (Å²) < 4.78 is 16.3. The third kappa shape index (κ3) is 4.51. The molecule has 0 aliphatic heterocycles. The first-order valence-corrected chi connectivity index (χ1v) is 8.83. The van der Waals surface area contributed by atoms with Crippen molar-refractivity contribution in [2.75, 3.05) is 19.0 Å². The first kappa shape index (κ1) is 19.1. The minimum absolute atomic E-state index is 0.100. The van der Waals surface area contributed by atoms with Gasteiger partial charge in [-0.2, -0.15) is 5.26 Å². The highest BCUT2D eigenvalue weighted by atomic mass is 16.5. The Bertz CT molecular complexity index is 983. The summed E-state index contributed by atoms with van der Waals surface area (Å²) >= 11 is 0. The number of benzene rings is 2. The van der Waals surface area contributed by atoms with E-state index in [-0.39, 0.29) is 18.1 Å². The van der Waals surface area contributed by atoms with Gasteiger partial charge in [0.2, 0.25) is 5.88 Å². The molecule has 1 N–H and O–H groups in total. The van der Waals surface area contributed by atoms with Crippen molar-refractivity contribution in [3.8, 4) is 28.9 Å². The van der Waals surface area contributed by atoms with Crippen LogP contribution in [0.4, 0.5) is 5.88 Å². The molecule has 1 aromatic heterocycles. The Morgan fingerprint density at radius 2 is 1.79 bits per heavy atom. The molecule has 1 heterocycles. The number of amides is 1. The maximum absolute atomic E-state index is 12.2. The van der Waals surface area contributed by atoms with Crippen LogP contribution >= 0.6 is 0 Å². The number of methoxy groups -OCH3 is 1. The standard InChI is InChI=1S/C22H20N2O4/c1-3-15-4-8-19(9-5-15)27-14-21(25)24-22-17(13-23)12-20(28-22)16-6-10-18(26-2)11-7-16/h4-12H,3,14H2,1-2H3,(H,24,25). The average molecular weight is 376 g/mol. The highest BCUT2D eigenvalue weighted by Crippen LogP contribution is 2.30. The van der Waals surface area contributed by atoms with Crippen molar-refractivity contribution in [2.24, 2.45) is 0 Å². The summed E-state index contributed by atoms with van der Waals surface area (Å²) in [4.78, 5) is 12.2. The lowest BCUT2D eigenvalue weighted by molar-refractivity contribution is -0.118.